The first-order valence-electron chi connectivity index (χ1n) is 13.7. The smallest absolute Gasteiger partial charge is 0.167 e. The molecule has 0 aliphatic heterocycles. The van der Waals surface area contributed by atoms with Gasteiger partial charge in [0.1, 0.15) is 5.78 Å². The van der Waals surface area contributed by atoms with Crippen molar-refractivity contribution in [2.24, 2.45) is 50.7 Å². The van der Waals surface area contributed by atoms with E-state index in [1.165, 1.54) is 0 Å². The average molecular weight is 471 g/mol. The van der Waals surface area contributed by atoms with Gasteiger partial charge in [0, 0.05) is 23.3 Å². The minimum absolute atomic E-state index is 0.0310. The van der Waals surface area contributed by atoms with E-state index in [0.29, 0.717) is 24.2 Å². The summed E-state index contributed by atoms with van der Waals surface area (Å²) in [5.74, 6) is 0.756. The van der Waals surface area contributed by atoms with Gasteiger partial charge in [0.25, 0.3) is 0 Å². The Kier molecular flexibility index (Phi) is 5.04. The van der Waals surface area contributed by atoms with Crippen molar-refractivity contribution in [2.45, 2.75) is 112 Å². The summed E-state index contributed by atoms with van der Waals surface area (Å²) < 4.78 is 0. The van der Waals surface area contributed by atoms with Crippen LogP contribution in [0.4, 0.5) is 0 Å². The Labute approximate surface area is 206 Å². The zero-order chi connectivity index (χ0) is 25.1. The number of carbonyl (C=O) groups excluding carboxylic acids is 2. The Hall–Kier alpha value is -1.16. The number of hydrogen-bond acceptors (Lipinski definition) is 4. The molecule has 5 aliphatic carbocycles. The van der Waals surface area contributed by atoms with E-state index in [9.17, 15) is 19.8 Å². The van der Waals surface area contributed by atoms with Gasteiger partial charge in [0.15, 0.2) is 5.78 Å². The molecule has 2 N–H and O–H groups in total. The number of fused-ring (bicyclic) bond motifs is 7. The van der Waals surface area contributed by atoms with Crippen molar-refractivity contribution >= 4 is 11.6 Å². The molecule has 8 atom stereocenters. The molecule has 34 heavy (non-hydrogen) atoms. The average Bonchev–Trinajstić information content (AvgIpc) is 2.74. The monoisotopic (exact) mass is 470 g/mol. The van der Waals surface area contributed by atoms with Crippen LogP contribution in [0.15, 0.2) is 11.8 Å². The number of Topliss-reactive ketones (excluding diaryl/α,β-unsaturated/α-hetero) is 2. The summed E-state index contributed by atoms with van der Waals surface area (Å²) in [6.45, 7) is 15.8. The standard InChI is InChI=1S/C30H46O4/c1-25(2)10-12-30(34)13-11-29(7)23(19(30)16-25)20(32)14-22-27(5)15-18(17-31)24(33)26(3,4)21(27)8-9-28(22,29)6/h17,19,21-23,31,34H,8-16H2,1-7H3/b18-17+/t19?,21-,22+,23-,27-,28+,29+,30?/m0/s1. The first-order chi connectivity index (χ1) is 15.6. The maximum absolute atomic E-state index is 14.2. The fourth-order valence-electron chi connectivity index (χ4n) is 10.6. The fraction of sp³-hybridized carbons (Fsp3) is 0.867. The summed E-state index contributed by atoms with van der Waals surface area (Å²) in [5, 5.41) is 21.7. The number of carbonyl (C=O) groups is 2. The van der Waals surface area contributed by atoms with Gasteiger partial charge in [-0.2, -0.15) is 0 Å². The number of aliphatic hydroxyl groups is 2. The maximum Gasteiger partial charge on any atom is 0.167 e. The van der Waals surface area contributed by atoms with E-state index in [0.717, 1.165) is 51.2 Å². The Morgan fingerprint density at radius 2 is 1.50 bits per heavy atom. The molecule has 5 rings (SSSR count). The molecule has 0 saturated heterocycles. The molecule has 0 bridgehead atoms. The van der Waals surface area contributed by atoms with Crippen molar-refractivity contribution < 1.29 is 19.8 Å². The van der Waals surface area contributed by atoms with Crippen LogP contribution < -0.4 is 0 Å². The molecule has 0 aromatic heterocycles. The highest BCUT2D eigenvalue weighted by Crippen LogP contribution is 2.75. The Balaban J connectivity index is 1.60. The van der Waals surface area contributed by atoms with Gasteiger partial charge >= 0.3 is 0 Å². The summed E-state index contributed by atoms with van der Waals surface area (Å²) in [7, 11) is 0. The van der Waals surface area contributed by atoms with Crippen molar-refractivity contribution in [1.82, 2.24) is 0 Å². The third kappa shape index (κ3) is 2.87. The fourth-order valence-corrected chi connectivity index (χ4v) is 10.6. The van der Waals surface area contributed by atoms with E-state index < -0.39 is 11.0 Å². The Morgan fingerprint density at radius 3 is 2.15 bits per heavy atom. The molecule has 4 heteroatoms. The van der Waals surface area contributed by atoms with Crippen LogP contribution in [0, 0.1) is 50.7 Å². The van der Waals surface area contributed by atoms with Crippen molar-refractivity contribution in [1.29, 1.82) is 0 Å². The second-order valence-corrected chi connectivity index (χ2v) is 15.1. The predicted octanol–water partition coefficient (Wildman–Crippen LogP) is 6.41. The van der Waals surface area contributed by atoms with Gasteiger partial charge in [-0.25, -0.2) is 0 Å². The first-order valence-corrected chi connectivity index (χ1v) is 13.7. The summed E-state index contributed by atoms with van der Waals surface area (Å²) in [6.07, 6.45) is 8.61. The molecule has 0 heterocycles. The van der Waals surface area contributed by atoms with E-state index in [2.05, 4.69) is 34.6 Å². The summed E-state index contributed by atoms with van der Waals surface area (Å²) in [4.78, 5) is 27.4. The molecule has 5 saturated carbocycles. The van der Waals surface area contributed by atoms with Crippen molar-refractivity contribution in [2.75, 3.05) is 0 Å². The lowest BCUT2D eigenvalue weighted by atomic mass is 9.32. The number of rotatable bonds is 0. The molecule has 0 aromatic rings. The van der Waals surface area contributed by atoms with Crippen molar-refractivity contribution in [3.8, 4) is 0 Å². The zero-order valence-corrected chi connectivity index (χ0v) is 22.5. The minimum atomic E-state index is -0.703. The lowest BCUT2D eigenvalue weighted by Crippen LogP contribution is -2.70. The lowest BCUT2D eigenvalue weighted by Gasteiger charge is -2.72. The summed E-state index contributed by atoms with van der Waals surface area (Å²) >= 11 is 0. The quantitative estimate of drug-likeness (QED) is 0.317. The maximum atomic E-state index is 14.2. The number of allylic oxidation sites excluding steroid dienone is 1. The van der Waals surface area contributed by atoms with E-state index in [-0.39, 0.29) is 51.1 Å². The highest BCUT2D eigenvalue weighted by atomic mass is 16.3. The Bertz CT molecular complexity index is 961. The van der Waals surface area contributed by atoms with E-state index in [1.54, 1.807) is 0 Å². The number of aliphatic hydroxyl groups excluding tert-OH is 1. The predicted molar refractivity (Wildman–Crippen MR) is 133 cm³/mol. The second-order valence-electron chi connectivity index (χ2n) is 15.1. The normalized spacial score (nSPS) is 52.9. The molecular formula is C30H46O4. The van der Waals surface area contributed by atoms with Gasteiger partial charge in [-0.05, 0) is 90.8 Å². The molecule has 5 aliphatic rings. The van der Waals surface area contributed by atoms with Crippen molar-refractivity contribution in [3.63, 3.8) is 0 Å². The minimum Gasteiger partial charge on any atom is -0.515 e. The first kappa shape index (κ1) is 24.5. The molecular weight excluding hydrogens is 424 g/mol. The topological polar surface area (TPSA) is 74.6 Å². The van der Waals surface area contributed by atoms with Gasteiger partial charge < -0.3 is 10.2 Å². The van der Waals surface area contributed by atoms with E-state index in [4.69, 9.17) is 0 Å². The molecule has 0 spiro atoms. The molecule has 0 radical (unpaired) electrons. The summed E-state index contributed by atoms with van der Waals surface area (Å²) in [6, 6.07) is 0. The van der Waals surface area contributed by atoms with Gasteiger partial charge in [-0.3, -0.25) is 9.59 Å². The van der Waals surface area contributed by atoms with E-state index >= 15 is 0 Å². The van der Waals surface area contributed by atoms with E-state index in [1.807, 2.05) is 13.8 Å². The molecule has 5 fully saturated rings. The number of hydrogen-bond donors (Lipinski definition) is 2. The van der Waals surface area contributed by atoms with Crippen LogP contribution in [0.25, 0.3) is 0 Å². The molecule has 190 valence electrons. The van der Waals surface area contributed by atoms with Crippen LogP contribution in [-0.2, 0) is 9.59 Å². The van der Waals surface area contributed by atoms with Gasteiger partial charge in [-0.1, -0.05) is 48.5 Å². The molecule has 0 aromatic carbocycles. The van der Waals surface area contributed by atoms with Gasteiger partial charge in [-0.15, -0.1) is 0 Å². The number of ketones is 2. The second kappa shape index (κ2) is 6.99. The van der Waals surface area contributed by atoms with Crippen LogP contribution in [0.2, 0.25) is 0 Å². The SMILES string of the molecule is CC1(C)CCC2(O)CC[C@]3(C)[C@H](C(=O)C[C@@H]4[C@@]5(C)C/C(=C\O)C(=O)C(C)(C)[C@@H]5CC[C@]43C)C2C1. The largest absolute Gasteiger partial charge is 0.515 e. The molecule has 0 amide bonds. The van der Waals surface area contributed by atoms with Crippen LogP contribution >= 0.6 is 0 Å². The third-order valence-electron chi connectivity index (χ3n) is 12.7. The zero-order valence-electron chi connectivity index (χ0n) is 22.5. The van der Waals surface area contributed by atoms with Crippen LogP contribution in [0.3, 0.4) is 0 Å². The highest BCUT2D eigenvalue weighted by Gasteiger charge is 2.72. The van der Waals surface area contributed by atoms with Crippen molar-refractivity contribution in [3.05, 3.63) is 11.8 Å². The van der Waals surface area contributed by atoms with Crippen LogP contribution in [0.1, 0.15) is 106 Å². The molecule has 2 unspecified atom stereocenters. The van der Waals surface area contributed by atoms with Crippen LogP contribution in [-0.4, -0.2) is 27.4 Å². The van der Waals surface area contributed by atoms with Gasteiger partial charge in [0.05, 0.1) is 11.9 Å². The summed E-state index contributed by atoms with van der Waals surface area (Å²) in [5.41, 5.74) is -0.945. The highest BCUT2D eigenvalue weighted by molar-refractivity contribution is 6.00. The lowest BCUT2D eigenvalue weighted by molar-refractivity contribution is -0.243. The third-order valence-corrected chi connectivity index (χ3v) is 12.7. The van der Waals surface area contributed by atoms with Gasteiger partial charge in [0.2, 0.25) is 0 Å². The Morgan fingerprint density at radius 1 is 0.853 bits per heavy atom. The molecule has 4 nitrogen and oxygen atoms in total. The van der Waals surface area contributed by atoms with Crippen LogP contribution in [0.5, 0.6) is 0 Å².